The molecule has 1 aromatic carbocycles. The minimum atomic E-state index is -0.196. The van der Waals surface area contributed by atoms with E-state index in [4.69, 9.17) is 20.8 Å². The van der Waals surface area contributed by atoms with Crippen LogP contribution in [0.4, 0.5) is 0 Å². The van der Waals surface area contributed by atoms with Crippen molar-refractivity contribution in [1.82, 2.24) is 14.7 Å². The highest BCUT2D eigenvalue weighted by molar-refractivity contribution is 6.32. The maximum absolute atomic E-state index is 12.6. The topological polar surface area (TPSA) is 60.5 Å². The molecule has 0 fully saturated rings. The van der Waals surface area contributed by atoms with Gasteiger partial charge in [0.25, 0.3) is 5.91 Å². The number of aryl methyl sites for hydroxylation is 1. The normalized spacial score (nSPS) is 10.7. The highest BCUT2D eigenvalue weighted by atomic mass is 35.5. The van der Waals surface area contributed by atoms with Gasteiger partial charge in [-0.2, -0.15) is 5.10 Å². The van der Waals surface area contributed by atoms with Crippen molar-refractivity contribution in [3.05, 3.63) is 70.9 Å². The van der Waals surface area contributed by atoms with E-state index < -0.39 is 0 Å². The maximum atomic E-state index is 12.6. The van der Waals surface area contributed by atoms with E-state index in [0.717, 1.165) is 12.2 Å². The Morgan fingerprint density at radius 2 is 2.08 bits per heavy atom. The first-order chi connectivity index (χ1) is 12.6. The number of rotatable bonds is 7. The summed E-state index contributed by atoms with van der Waals surface area (Å²) in [6, 6.07) is 12.5. The predicted molar refractivity (Wildman–Crippen MR) is 98.2 cm³/mol. The van der Waals surface area contributed by atoms with Crippen molar-refractivity contribution in [2.75, 3.05) is 7.05 Å². The van der Waals surface area contributed by atoms with Crippen molar-refractivity contribution >= 4 is 17.5 Å². The number of furan rings is 1. The molecule has 0 N–H and O–H groups in total. The van der Waals surface area contributed by atoms with Gasteiger partial charge in [-0.15, -0.1) is 0 Å². The molecule has 0 aliphatic rings. The number of hydrogen-bond donors (Lipinski definition) is 0. The summed E-state index contributed by atoms with van der Waals surface area (Å²) in [5, 5.41) is 4.74. The molecule has 7 heteroatoms. The van der Waals surface area contributed by atoms with Crippen LogP contribution in [0.25, 0.3) is 0 Å². The quantitative estimate of drug-likeness (QED) is 0.628. The van der Waals surface area contributed by atoms with Crippen LogP contribution in [-0.4, -0.2) is 27.6 Å². The molecule has 0 aliphatic carbocycles. The van der Waals surface area contributed by atoms with E-state index in [0.29, 0.717) is 23.1 Å². The van der Waals surface area contributed by atoms with Crippen LogP contribution >= 0.6 is 11.6 Å². The van der Waals surface area contributed by atoms with Crippen molar-refractivity contribution in [3.8, 4) is 5.75 Å². The lowest BCUT2D eigenvalue weighted by Gasteiger charge is -2.16. The van der Waals surface area contributed by atoms with Crippen LogP contribution in [0.5, 0.6) is 5.75 Å². The van der Waals surface area contributed by atoms with E-state index in [2.05, 4.69) is 5.10 Å². The number of ether oxygens (including phenoxy) is 1. The Labute approximate surface area is 156 Å². The summed E-state index contributed by atoms with van der Waals surface area (Å²) in [6.07, 6.45) is 1.73. The fraction of sp³-hybridized carbons (Fsp3) is 0.263. The van der Waals surface area contributed by atoms with Crippen LogP contribution in [0.15, 0.2) is 53.1 Å². The molecule has 0 radical (unpaired) electrons. The number of hydrogen-bond acceptors (Lipinski definition) is 4. The number of amides is 1. The van der Waals surface area contributed by atoms with E-state index in [1.165, 1.54) is 0 Å². The maximum Gasteiger partial charge on any atom is 0.289 e. The van der Waals surface area contributed by atoms with E-state index >= 15 is 0 Å². The molecule has 0 spiro atoms. The largest absolute Gasteiger partial charge is 0.484 e. The summed E-state index contributed by atoms with van der Waals surface area (Å²) in [7, 11) is 1.73. The Morgan fingerprint density at radius 1 is 1.27 bits per heavy atom. The van der Waals surface area contributed by atoms with Crippen molar-refractivity contribution in [2.24, 2.45) is 0 Å². The van der Waals surface area contributed by atoms with Gasteiger partial charge in [0, 0.05) is 19.8 Å². The standard InChI is InChI=1S/C19H20ClN3O3/c1-3-23-14(10-11-21-23)12-22(2)19(24)18-9-8-15(26-18)13-25-17-7-5-4-6-16(17)20/h4-11H,3,12-13H2,1-2H3. The van der Waals surface area contributed by atoms with Gasteiger partial charge in [0.05, 0.1) is 17.3 Å². The molecule has 1 amide bonds. The molecule has 0 unspecified atom stereocenters. The van der Waals surface area contributed by atoms with Gasteiger partial charge in [-0.1, -0.05) is 23.7 Å². The van der Waals surface area contributed by atoms with E-state index in [9.17, 15) is 4.79 Å². The zero-order chi connectivity index (χ0) is 18.5. The van der Waals surface area contributed by atoms with E-state index in [1.807, 2.05) is 29.8 Å². The Hall–Kier alpha value is -2.73. The van der Waals surface area contributed by atoms with Gasteiger partial charge in [0.2, 0.25) is 0 Å². The van der Waals surface area contributed by atoms with Gasteiger partial charge in [-0.05, 0) is 37.3 Å². The SMILES string of the molecule is CCn1nccc1CN(C)C(=O)c1ccc(COc2ccccc2Cl)o1. The van der Waals surface area contributed by atoms with Crippen LogP contribution in [0.1, 0.15) is 28.9 Å². The Balaban J connectivity index is 1.61. The average molecular weight is 374 g/mol. The number of halogens is 1. The molecule has 0 bridgehead atoms. The van der Waals surface area contributed by atoms with Crippen LogP contribution < -0.4 is 4.74 Å². The van der Waals surface area contributed by atoms with Crippen LogP contribution in [0.3, 0.4) is 0 Å². The van der Waals surface area contributed by atoms with Crippen molar-refractivity contribution in [1.29, 1.82) is 0 Å². The lowest BCUT2D eigenvalue weighted by Crippen LogP contribution is -2.27. The second-order valence-corrected chi connectivity index (χ2v) is 6.19. The molecule has 0 aliphatic heterocycles. The lowest BCUT2D eigenvalue weighted by molar-refractivity contribution is 0.0745. The summed E-state index contributed by atoms with van der Waals surface area (Å²) in [5.41, 5.74) is 0.970. The molecular weight excluding hydrogens is 354 g/mol. The van der Waals surface area contributed by atoms with E-state index in [1.54, 1.807) is 42.4 Å². The fourth-order valence-corrected chi connectivity index (χ4v) is 2.75. The van der Waals surface area contributed by atoms with Gasteiger partial charge in [-0.25, -0.2) is 0 Å². The summed E-state index contributed by atoms with van der Waals surface area (Å²) >= 11 is 6.06. The lowest BCUT2D eigenvalue weighted by atomic mass is 10.3. The fourth-order valence-electron chi connectivity index (χ4n) is 2.56. The number of aromatic nitrogens is 2. The Kier molecular flexibility index (Phi) is 5.63. The first kappa shape index (κ1) is 18.1. The highest BCUT2D eigenvalue weighted by Crippen LogP contribution is 2.24. The number of para-hydroxylation sites is 1. The molecule has 136 valence electrons. The Morgan fingerprint density at radius 3 is 2.85 bits per heavy atom. The molecule has 0 saturated carbocycles. The second kappa shape index (κ2) is 8.10. The summed E-state index contributed by atoms with van der Waals surface area (Å²) in [4.78, 5) is 14.2. The third kappa shape index (κ3) is 4.08. The molecule has 2 aromatic heterocycles. The van der Waals surface area contributed by atoms with Gasteiger partial charge < -0.3 is 14.1 Å². The number of benzene rings is 1. The molecule has 2 heterocycles. The summed E-state index contributed by atoms with van der Waals surface area (Å²) in [6.45, 7) is 3.42. The monoisotopic (exact) mass is 373 g/mol. The van der Waals surface area contributed by atoms with Crippen molar-refractivity contribution < 1.29 is 13.9 Å². The minimum Gasteiger partial charge on any atom is -0.484 e. The second-order valence-electron chi connectivity index (χ2n) is 5.78. The van der Waals surface area contributed by atoms with Crippen molar-refractivity contribution in [2.45, 2.75) is 26.6 Å². The zero-order valence-corrected chi connectivity index (χ0v) is 15.4. The highest BCUT2D eigenvalue weighted by Gasteiger charge is 2.18. The minimum absolute atomic E-state index is 0.196. The zero-order valence-electron chi connectivity index (χ0n) is 14.7. The molecule has 3 aromatic rings. The van der Waals surface area contributed by atoms with Crippen LogP contribution in [0, 0.1) is 0 Å². The van der Waals surface area contributed by atoms with Crippen LogP contribution in [0.2, 0.25) is 5.02 Å². The molecule has 3 rings (SSSR count). The first-order valence-corrected chi connectivity index (χ1v) is 8.68. The molecule has 26 heavy (non-hydrogen) atoms. The third-order valence-corrected chi connectivity index (χ3v) is 4.24. The molecule has 0 saturated heterocycles. The first-order valence-electron chi connectivity index (χ1n) is 8.30. The third-order valence-electron chi connectivity index (χ3n) is 3.93. The van der Waals surface area contributed by atoms with Gasteiger partial charge in [0.15, 0.2) is 5.76 Å². The van der Waals surface area contributed by atoms with Gasteiger partial charge in [0.1, 0.15) is 18.1 Å². The van der Waals surface area contributed by atoms with Gasteiger partial charge in [-0.3, -0.25) is 9.48 Å². The number of nitrogens with zero attached hydrogens (tertiary/aromatic N) is 3. The smallest absolute Gasteiger partial charge is 0.289 e. The average Bonchev–Trinajstić information content (AvgIpc) is 3.29. The van der Waals surface area contributed by atoms with Crippen LogP contribution in [-0.2, 0) is 19.7 Å². The van der Waals surface area contributed by atoms with Gasteiger partial charge >= 0.3 is 0 Å². The predicted octanol–water partition coefficient (Wildman–Crippen LogP) is 4.00. The Bertz CT molecular complexity index is 888. The number of carbonyl (C=O) groups is 1. The van der Waals surface area contributed by atoms with Crippen molar-refractivity contribution in [3.63, 3.8) is 0 Å². The molecular formula is C19H20ClN3O3. The summed E-state index contributed by atoms with van der Waals surface area (Å²) in [5.74, 6) is 1.20. The molecule has 6 nitrogen and oxygen atoms in total. The van der Waals surface area contributed by atoms with E-state index in [-0.39, 0.29) is 18.3 Å². The number of carbonyl (C=O) groups excluding carboxylic acids is 1. The summed E-state index contributed by atoms with van der Waals surface area (Å²) < 4.78 is 13.1. The molecule has 0 atom stereocenters.